The highest BCUT2D eigenvalue weighted by Crippen LogP contribution is 2.29. The monoisotopic (exact) mass is 311 g/mol. The molecule has 0 unspecified atom stereocenters. The Morgan fingerprint density at radius 2 is 2.22 bits per heavy atom. The molecule has 4 nitrogen and oxygen atoms in total. The first-order valence-electron chi connectivity index (χ1n) is 5.48. The molecular weight excluding hydrogens is 298 g/mol. The summed E-state index contributed by atoms with van der Waals surface area (Å²) in [7, 11) is 1.49. The summed E-state index contributed by atoms with van der Waals surface area (Å²) in [6.07, 6.45) is 0.105. The van der Waals surface area contributed by atoms with Crippen LogP contribution in [0.4, 0.5) is 0 Å². The fraction of sp³-hybridized carbons (Fsp3) is 0.385. The van der Waals surface area contributed by atoms with E-state index in [1.54, 1.807) is 13.0 Å². The van der Waals surface area contributed by atoms with Crippen molar-refractivity contribution in [2.75, 3.05) is 13.7 Å². The maximum atomic E-state index is 11.6. The van der Waals surface area contributed by atoms with Crippen LogP contribution < -0.4 is 4.74 Å². The van der Waals surface area contributed by atoms with Gasteiger partial charge in [0.25, 0.3) is 0 Å². The average molecular weight is 312 g/mol. The smallest absolute Gasteiger partial charge is 0.310 e. The van der Waals surface area contributed by atoms with Crippen molar-refractivity contribution < 1.29 is 14.3 Å². The van der Waals surface area contributed by atoms with E-state index in [0.29, 0.717) is 28.8 Å². The number of carbonyl (C=O) groups excluding carboxylic acids is 1. The lowest BCUT2D eigenvalue weighted by atomic mass is 10.0. The minimum absolute atomic E-state index is 0.105. The van der Waals surface area contributed by atoms with E-state index in [0.717, 1.165) is 5.56 Å². The molecule has 0 saturated heterocycles. The zero-order chi connectivity index (χ0) is 13.5. The number of nitrogens with zero attached hydrogens (tertiary/aromatic N) is 1. The van der Waals surface area contributed by atoms with Gasteiger partial charge in [-0.3, -0.25) is 4.79 Å². The minimum Gasteiger partial charge on any atom is -0.495 e. The number of hydrogen-bond donors (Lipinski definition) is 0. The minimum atomic E-state index is -0.326. The molecule has 1 aromatic rings. The Balaban J connectivity index is 3.20. The van der Waals surface area contributed by atoms with Gasteiger partial charge in [0.1, 0.15) is 11.8 Å². The first-order chi connectivity index (χ1) is 8.67. The van der Waals surface area contributed by atoms with E-state index < -0.39 is 0 Å². The molecular formula is C13H14BrNO3. The van der Waals surface area contributed by atoms with E-state index in [2.05, 4.69) is 22.0 Å². The van der Waals surface area contributed by atoms with Gasteiger partial charge < -0.3 is 9.47 Å². The van der Waals surface area contributed by atoms with E-state index in [1.807, 2.05) is 6.07 Å². The van der Waals surface area contributed by atoms with Crippen molar-refractivity contribution in [3.8, 4) is 11.8 Å². The maximum Gasteiger partial charge on any atom is 0.310 e. The Morgan fingerprint density at radius 3 is 2.72 bits per heavy atom. The predicted octanol–water partition coefficient (Wildman–Crippen LogP) is 2.57. The van der Waals surface area contributed by atoms with Crippen LogP contribution in [-0.4, -0.2) is 19.7 Å². The SMILES string of the molecule is CCOC(=O)Cc1c(CBr)ccc(C#N)c1OC. The molecule has 96 valence electrons. The van der Waals surface area contributed by atoms with Crippen molar-refractivity contribution in [2.45, 2.75) is 18.7 Å². The topological polar surface area (TPSA) is 59.3 Å². The Labute approximate surface area is 115 Å². The van der Waals surface area contributed by atoms with Crippen molar-refractivity contribution in [1.82, 2.24) is 0 Å². The van der Waals surface area contributed by atoms with Crippen LogP contribution in [0.2, 0.25) is 0 Å². The van der Waals surface area contributed by atoms with Gasteiger partial charge in [-0.05, 0) is 18.6 Å². The molecule has 0 fully saturated rings. The zero-order valence-electron chi connectivity index (χ0n) is 10.3. The number of methoxy groups -OCH3 is 1. The molecule has 18 heavy (non-hydrogen) atoms. The number of ether oxygens (including phenoxy) is 2. The second kappa shape index (κ2) is 7.02. The van der Waals surface area contributed by atoms with Crippen molar-refractivity contribution in [3.05, 3.63) is 28.8 Å². The normalized spacial score (nSPS) is 9.67. The fourth-order valence-corrected chi connectivity index (χ4v) is 2.19. The number of carbonyl (C=O) groups is 1. The summed E-state index contributed by atoms with van der Waals surface area (Å²) in [5, 5.41) is 9.60. The largest absolute Gasteiger partial charge is 0.495 e. The summed E-state index contributed by atoms with van der Waals surface area (Å²) in [6, 6.07) is 5.55. The molecule has 0 bridgehead atoms. The quantitative estimate of drug-likeness (QED) is 0.619. The van der Waals surface area contributed by atoms with Gasteiger partial charge in [-0.2, -0.15) is 5.26 Å². The molecule has 1 aromatic carbocycles. The van der Waals surface area contributed by atoms with Gasteiger partial charge in [0.2, 0.25) is 0 Å². The van der Waals surface area contributed by atoms with Crippen LogP contribution in [0, 0.1) is 11.3 Å². The van der Waals surface area contributed by atoms with Crippen LogP contribution in [-0.2, 0) is 21.3 Å². The molecule has 0 amide bonds. The number of esters is 1. The van der Waals surface area contributed by atoms with E-state index >= 15 is 0 Å². The van der Waals surface area contributed by atoms with Crippen LogP contribution in [0.3, 0.4) is 0 Å². The predicted molar refractivity (Wildman–Crippen MR) is 70.7 cm³/mol. The van der Waals surface area contributed by atoms with E-state index in [4.69, 9.17) is 14.7 Å². The van der Waals surface area contributed by atoms with Gasteiger partial charge in [-0.1, -0.05) is 22.0 Å². The molecule has 0 N–H and O–H groups in total. The summed E-state index contributed by atoms with van der Waals surface area (Å²) < 4.78 is 10.2. The Bertz CT molecular complexity index is 480. The van der Waals surface area contributed by atoms with Gasteiger partial charge in [0.15, 0.2) is 0 Å². The lowest BCUT2D eigenvalue weighted by Gasteiger charge is -2.13. The van der Waals surface area contributed by atoms with Crippen molar-refractivity contribution >= 4 is 21.9 Å². The van der Waals surface area contributed by atoms with Crippen LogP contribution in [0.25, 0.3) is 0 Å². The molecule has 0 heterocycles. The van der Waals surface area contributed by atoms with Gasteiger partial charge in [-0.15, -0.1) is 0 Å². The summed E-state index contributed by atoms with van der Waals surface area (Å²) >= 11 is 3.36. The van der Waals surface area contributed by atoms with Crippen molar-refractivity contribution in [2.24, 2.45) is 0 Å². The first kappa shape index (κ1) is 14.5. The Morgan fingerprint density at radius 1 is 1.50 bits per heavy atom. The van der Waals surface area contributed by atoms with Gasteiger partial charge in [-0.25, -0.2) is 0 Å². The molecule has 0 radical (unpaired) electrons. The number of halogens is 1. The standard InChI is InChI=1S/C13H14BrNO3/c1-3-18-12(16)6-11-9(7-14)4-5-10(8-15)13(11)17-2/h4-5H,3,6-7H2,1-2H3. The molecule has 5 heteroatoms. The second-order valence-electron chi connectivity index (χ2n) is 3.51. The number of alkyl halides is 1. The Kier molecular flexibility index (Phi) is 5.66. The molecule has 0 aliphatic carbocycles. The van der Waals surface area contributed by atoms with Crippen LogP contribution in [0.15, 0.2) is 12.1 Å². The third-order valence-corrected chi connectivity index (χ3v) is 3.06. The number of benzene rings is 1. The molecule has 0 aromatic heterocycles. The molecule has 0 aliphatic rings. The number of rotatable bonds is 5. The van der Waals surface area contributed by atoms with E-state index in [9.17, 15) is 4.79 Å². The van der Waals surface area contributed by atoms with Crippen LogP contribution in [0.5, 0.6) is 5.75 Å². The van der Waals surface area contributed by atoms with E-state index in [1.165, 1.54) is 7.11 Å². The van der Waals surface area contributed by atoms with Gasteiger partial charge in [0, 0.05) is 10.9 Å². The lowest BCUT2D eigenvalue weighted by Crippen LogP contribution is -2.11. The highest BCUT2D eigenvalue weighted by atomic mass is 79.9. The molecule has 0 spiro atoms. The van der Waals surface area contributed by atoms with Gasteiger partial charge in [0.05, 0.1) is 25.7 Å². The highest BCUT2D eigenvalue weighted by molar-refractivity contribution is 9.08. The number of nitriles is 1. The maximum absolute atomic E-state index is 11.6. The van der Waals surface area contributed by atoms with Crippen LogP contribution >= 0.6 is 15.9 Å². The molecule has 0 aliphatic heterocycles. The van der Waals surface area contributed by atoms with Crippen molar-refractivity contribution in [3.63, 3.8) is 0 Å². The Hall–Kier alpha value is -1.54. The first-order valence-corrected chi connectivity index (χ1v) is 6.60. The summed E-state index contributed by atoms with van der Waals surface area (Å²) in [5.41, 5.74) is 2.03. The zero-order valence-corrected chi connectivity index (χ0v) is 11.9. The molecule has 0 atom stereocenters. The lowest BCUT2D eigenvalue weighted by molar-refractivity contribution is -0.142. The number of hydrogen-bond acceptors (Lipinski definition) is 4. The third-order valence-electron chi connectivity index (χ3n) is 2.45. The molecule has 1 rings (SSSR count). The average Bonchev–Trinajstić information content (AvgIpc) is 2.38. The summed E-state index contributed by atoms with van der Waals surface area (Å²) in [4.78, 5) is 11.6. The fourth-order valence-electron chi connectivity index (χ4n) is 1.67. The summed E-state index contributed by atoms with van der Waals surface area (Å²) in [6.45, 7) is 2.09. The molecule has 0 saturated carbocycles. The van der Waals surface area contributed by atoms with Gasteiger partial charge >= 0.3 is 5.97 Å². The third kappa shape index (κ3) is 3.23. The van der Waals surface area contributed by atoms with Crippen LogP contribution in [0.1, 0.15) is 23.6 Å². The second-order valence-corrected chi connectivity index (χ2v) is 4.07. The van der Waals surface area contributed by atoms with Crippen molar-refractivity contribution in [1.29, 1.82) is 5.26 Å². The highest BCUT2D eigenvalue weighted by Gasteiger charge is 2.17. The van der Waals surface area contributed by atoms with E-state index in [-0.39, 0.29) is 12.4 Å². The summed E-state index contributed by atoms with van der Waals surface area (Å²) in [5.74, 6) is 0.121.